The average Bonchev–Trinajstić information content (AvgIpc) is 3.15. The van der Waals surface area contributed by atoms with Crippen LogP contribution in [0, 0.1) is 6.92 Å². The van der Waals surface area contributed by atoms with Crippen molar-refractivity contribution in [3.05, 3.63) is 57.0 Å². The van der Waals surface area contributed by atoms with Crippen LogP contribution in [0.5, 0.6) is 0 Å². The molecule has 1 amide bonds. The van der Waals surface area contributed by atoms with Crippen LogP contribution in [0.2, 0.25) is 0 Å². The maximum atomic E-state index is 12.4. The van der Waals surface area contributed by atoms with Gasteiger partial charge in [-0.15, -0.1) is 0 Å². The number of amides is 1. The number of hydrogen-bond acceptors (Lipinski definition) is 6. The van der Waals surface area contributed by atoms with Gasteiger partial charge in [0.1, 0.15) is 0 Å². The van der Waals surface area contributed by atoms with Crippen LogP contribution in [-0.2, 0) is 35.0 Å². The highest BCUT2D eigenvalue weighted by Crippen LogP contribution is 2.09. The molecule has 0 aliphatic rings. The third kappa shape index (κ3) is 4.48. The summed E-state index contributed by atoms with van der Waals surface area (Å²) in [6, 6.07) is 7.27. The van der Waals surface area contributed by atoms with Gasteiger partial charge in [0.15, 0.2) is 17.8 Å². The van der Waals surface area contributed by atoms with Gasteiger partial charge in [0, 0.05) is 32.7 Å². The summed E-state index contributed by atoms with van der Waals surface area (Å²) in [6.45, 7) is 1.91. The molecule has 2 heterocycles. The van der Waals surface area contributed by atoms with Gasteiger partial charge < -0.3 is 14.6 Å². The lowest BCUT2D eigenvalue weighted by molar-refractivity contribution is -0.147. The fourth-order valence-electron chi connectivity index (χ4n) is 3.01. The largest absolute Gasteiger partial charge is 0.456 e. The van der Waals surface area contributed by atoms with Crippen molar-refractivity contribution < 1.29 is 14.3 Å². The topological polar surface area (TPSA) is 117 Å². The molecule has 0 spiro atoms. The van der Waals surface area contributed by atoms with E-state index in [2.05, 4.69) is 10.3 Å². The third-order valence-corrected chi connectivity index (χ3v) is 4.70. The third-order valence-electron chi connectivity index (χ3n) is 4.70. The Morgan fingerprint density at radius 2 is 1.80 bits per heavy atom. The number of fused-ring (bicyclic) bond motifs is 1. The van der Waals surface area contributed by atoms with Gasteiger partial charge in [-0.1, -0.05) is 17.7 Å². The number of ether oxygens (including phenoxy) is 1. The standard InChI is InChI=1S/C20H23N5O5/c1-13-6-8-14(9-7-13)22-15(26)11-30-16(27)5-4-10-25-12-21-18-17(25)19(28)24(3)20(29)23(18)2/h6-9,12H,4-5,10-11H2,1-3H3,(H,22,26). The van der Waals surface area contributed by atoms with Crippen molar-refractivity contribution in [2.24, 2.45) is 14.1 Å². The average molecular weight is 413 g/mol. The minimum Gasteiger partial charge on any atom is -0.456 e. The summed E-state index contributed by atoms with van der Waals surface area (Å²) in [7, 11) is 2.95. The predicted molar refractivity (Wildman–Crippen MR) is 110 cm³/mol. The summed E-state index contributed by atoms with van der Waals surface area (Å²) in [5.41, 5.74) is 1.39. The van der Waals surface area contributed by atoms with E-state index in [4.69, 9.17) is 4.74 Å². The highest BCUT2D eigenvalue weighted by atomic mass is 16.5. The molecule has 0 fully saturated rings. The zero-order valence-corrected chi connectivity index (χ0v) is 17.0. The summed E-state index contributed by atoms with van der Waals surface area (Å²) in [5, 5.41) is 2.65. The first kappa shape index (κ1) is 21.0. The fourth-order valence-corrected chi connectivity index (χ4v) is 3.01. The van der Waals surface area contributed by atoms with Crippen molar-refractivity contribution in [3.63, 3.8) is 0 Å². The van der Waals surface area contributed by atoms with Crippen molar-refractivity contribution in [1.82, 2.24) is 18.7 Å². The van der Waals surface area contributed by atoms with E-state index in [0.717, 1.165) is 10.1 Å². The quantitative estimate of drug-likeness (QED) is 0.570. The molecule has 3 rings (SSSR count). The van der Waals surface area contributed by atoms with Crippen molar-refractivity contribution in [2.45, 2.75) is 26.3 Å². The van der Waals surface area contributed by atoms with Crippen LogP contribution in [0.25, 0.3) is 11.2 Å². The maximum absolute atomic E-state index is 12.4. The Morgan fingerprint density at radius 3 is 2.50 bits per heavy atom. The van der Waals surface area contributed by atoms with E-state index >= 15 is 0 Å². The predicted octanol–water partition coefficient (Wildman–Crippen LogP) is 0.704. The highest BCUT2D eigenvalue weighted by molar-refractivity contribution is 5.92. The maximum Gasteiger partial charge on any atom is 0.332 e. The number of nitrogens with one attached hydrogen (secondary N) is 1. The molecule has 2 aromatic heterocycles. The number of benzene rings is 1. The number of rotatable bonds is 7. The first-order chi connectivity index (χ1) is 14.3. The number of carbonyl (C=O) groups excluding carboxylic acids is 2. The van der Waals surface area contributed by atoms with Crippen LogP contribution in [-0.4, -0.2) is 37.2 Å². The second-order valence-corrected chi connectivity index (χ2v) is 6.99. The van der Waals surface area contributed by atoms with Crippen LogP contribution in [0.15, 0.2) is 40.2 Å². The van der Waals surface area contributed by atoms with Crippen LogP contribution >= 0.6 is 0 Å². The van der Waals surface area contributed by atoms with Gasteiger partial charge in [0.05, 0.1) is 6.33 Å². The molecule has 1 aromatic carbocycles. The van der Waals surface area contributed by atoms with E-state index in [9.17, 15) is 19.2 Å². The van der Waals surface area contributed by atoms with Crippen LogP contribution in [0.1, 0.15) is 18.4 Å². The minimum atomic E-state index is -0.515. The first-order valence-electron chi connectivity index (χ1n) is 9.41. The van der Waals surface area contributed by atoms with E-state index in [1.807, 2.05) is 19.1 Å². The molecular weight excluding hydrogens is 390 g/mol. The molecule has 0 saturated heterocycles. The van der Waals surface area contributed by atoms with Gasteiger partial charge >= 0.3 is 11.7 Å². The molecular formula is C20H23N5O5. The van der Waals surface area contributed by atoms with E-state index in [0.29, 0.717) is 29.8 Å². The Labute approximate surface area is 171 Å². The zero-order chi connectivity index (χ0) is 21.8. The number of anilines is 1. The Kier molecular flexibility index (Phi) is 6.14. The first-order valence-corrected chi connectivity index (χ1v) is 9.41. The van der Waals surface area contributed by atoms with Gasteiger partial charge in [0.2, 0.25) is 0 Å². The van der Waals surface area contributed by atoms with Crippen LogP contribution in [0.4, 0.5) is 5.69 Å². The molecule has 10 nitrogen and oxygen atoms in total. The summed E-state index contributed by atoms with van der Waals surface area (Å²) < 4.78 is 8.92. The minimum absolute atomic E-state index is 0.0730. The molecule has 1 N–H and O–H groups in total. The molecule has 10 heteroatoms. The monoisotopic (exact) mass is 413 g/mol. The van der Waals surface area contributed by atoms with Gasteiger partial charge in [-0.25, -0.2) is 9.78 Å². The molecule has 0 aliphatic carbocycles. The molecule has 0 atom stereocenters. The second-order valence-electron chi connectivity index (χ2n) is 6.99. The molecule has 3 aromatic rings. The lowest BCUT2D eigenvalue weighted by atomic mass is 10.2. The number of carbonyl (C=O) groups is 2. The summed E-state index contributed by atoms with van der Waals surface area (Å²) in [5.74, 6) is -0.934. The molecule has 0 unspecified atom stereocenters. The molecule has 158 valence electrons. The lowest BCUT2D eigenvalue weighted by Gasteiger charge is -2.08. The van der Waals surface area contributed by atoms with Gasteiger partial charge in [0.25, 0.3) is 11.5 Å². The second kappa shape index (κ2) is 8.76. The molecule has 30 heavy (non-hydrogen) atoms. The van der Waals surface area contributed by atoms with Crippen LogP contribution < -0.4 is 16.6 Å². The van der Waals surface area contributed by atoms with Crippen molar-refractivity contribution in [3.8, 4) is 0 Å². The van der Waals surface area contributed by atoms with Gasteiger partial charge in [-0.05, 0) is 25.5 Å². The van der Waals surface area contributed by atoms with Crippen molar-refractivity contribution >= 4 is 28.7 Å². The fraction of sp³-hybridized carbons (Fsp3) is 0.350. The molecule has 0 bridgehead atoms. The van der Waals surface area contributed by atoms with Crippen molar-refractivity contribution in [1.29, 1.82) is 0 Å². The van der Waals surface area contributed by atoms with E-state index in [1.165, 1.54) is 17.9 Å². The van der Waals surface area contributed by atoms with E-state index in [-0.39, 0.29) is 13.0 Å². The number of aromatic nitrogens is 4. The van der Waals surface area contributed by atoms with E-state index < -0.39 is 23.1 Å². The number of aryl methyl sites for hydroxylation is 3. The lowest BCUT2D eigenvalue weighted by Crippen LogP contribution is -2.37. The molecule has 0 radical (unpaired) electrons. The van der Waals surface area contributed by atoms with Crippen molar-refractivity contribution in [2.75, 3.05) is 11.9 Å². The number of hydrogen-bond donors (Lipinski definition) is 1. The number of nitrogens with zero attached hydrogens (tertiary/aromatic N) is 4. The number of imidazole rings is 1. The summed E-state index contributed by atoms with van der Waals surface area (Å²) >= 11 is 0. The Hall–Kier alpha value is -3.69. The van der Waals surface area contributed by atoms with Gasteiger partial charge in [-0.2, -0.15) is 0 Å². The Bertz CT molecular complexity index is 1200. The normalized spacial score (nSPS) is 10.9. The SMILES string of the molecule is Cc1ccc(NC(=O)COC(=O)CCCn2cnc3c2c(=O)n(C)c(=O)n3C)cc1. The van der Waals surface area contributed by atoms with Gasteiger partial charge in [-0.3, -0.25) is 23.5 Å². The smallest absolute Gasteiger partial charge is 0.332 e. The molecule has 0 saturated carbocycles. The Morgan fingerprint density at radius 1 is 1.10 bits per heavy atom. The number of esters is 1. The summed E-state index contributed by atoms with van der Waals surface area (Å²) in [4.78, 5) is 52.3. The zero-order valence-electron chi connectivity index (χ0n) is 17.0. The highest BCUT2D eigenvalue weighted by Gasteiger charge is 2.14. The molecule has 0 aliphatic heterocycles. The van der Waals surface area contributed by atoms with E-state index in [1.54, 1.807) is 23.7 Å². The summed E-state index contributed by atoms with van der Waals surface area (Å²) in [6.07, 6.45) is 1.92. The van der Waals surface area contributed by atoms with Crippen LogP contribution in [0.3, 0.4) is 0 Å². The Balaban J connectivity index is 1.51.